The van der Waals surface area contributed by atoms with Gasteiger partial charge in [0, 0.05) is 5.69 Å². The summed E-state index contributed by atoms with van der Waals surface area (Å²) in [6, 6.07) is 8.51. The van der Waals surface area contributed by atoms with E-state index >= 15 is 0 Å². The van der Waals surface area contributed by atoms with Crippen LogP contribution in [0.5, 0.6) is 17.2 Å². The van der Waals surface area contributed by atoms with E-state index in [0.717, 1.165) is 0 Å². The molecule has 2 aromatic rings. The van der Waals surface area contributed by atoms with Crippen LogP contribution in [0, 0.1) is 0 Å². The minimum absolute atomic E-state index is 0.0799. The first-order valence-electron chi connectivity index (χ1n) is 5.87. The van der Waals surface area contributed by atoms with Crippen molar-refractivity contribution in [1.82, 2.24) is 0 Å². The molecule has 1 amide bonds. The average molecular weight is 342 g/mol. The number of halogens is 2. The molecule has 0 spiro atoms. The number of aliphatic carboxylic acids is 1. The summed E-state index contributed by atoms with van der Waals surface area (Å²) in [6.07, 6.45) is 0. The summed E-state index contributed by atoms with van der Waals surface area (Å²) >= 11 is 12.0. The number of amides is 1. The van der Waals surface area contributed by atoms with Crippen LogP contribution in [-0.2, 0) is 9.59 Å². The van der Waals surface area contributed by atoms with E-state index < -0.39 is 11.9 Å². The first kappa shape index (κ1) is 15.9. The number of ether oxygens (including phenoxy) is 1. The summed E-state index contributed by atoms with van der Waals surface area (Å²) in [6.45, 7) is 0. The van der Waals surface area contributed by atoms with Crippen LogP contribution in [0.1, 0.15) is 0 Å². The Bertz CT molecular complexity index is 708. The van der Waals surface area contributed by atoms with E-state index in [9.17, 15) is 14.7 Å². The van der Waals surface area contributed by atoms with Crippen molar-refractivity contribution in [2.45, 2.75) is 0 Å². The van der Waals surface area contributed by atoms with Gasteiger partial charge in [-0.15, -0.1) is 0 Å². The number of phenolic OH excluding ortho intramolecular Hbond substituents is 1. The van der Waals surface area contributed by atoms with Gasteiger partial charge in [-0.1, -0.05) is 23.2 Å². The lowest BCUT2D eigenvalue weighted by Gasteiger charge is -2.11. The third kappa shape index (κ3) is 3.81. The quantitative estimate of drug-likeness (QED) is 0.742. The molecule has 0 heterocycles. The molecule has 0 aromatic heterocycles. The highest BCUT2D eigenvalue weighted by Crippen LogP contribution is 2.39. The van der Waals surface area contributed by atoms with Crippen molar-refractivity contribution >= 4 is 40.8 Å². The van der Waals surface area contributed by atoms with E-state index in [4.69, 9.17) is 33.0 Å². The molecule has 0 aliphatic rings. The standard InChI is InChI=1S/C14H9Cl2NO5/c15-10-5-7(17-13(19)14(20)21)6-11(16)12(10)22-9-3-1-8(18)2-4-9/h1-6,18H,(H,17,19)(H,20,21). The number of phenols is 1. The van der Waals surface area contributed by atoms with Crippen LogP contribution < -0.4 is 10.1 Å². The van der Waals surface area contributed by atoms with Crippen LogP contribution in [0.2, 0.25) is 10.0 Å². The van der Waals surface area contributed by atoms with Gasteiger partial charge >= 0.3 is 11.9 Å². The number of carbonyl (C=O) groups is 2. The van der Waals surface area contributed by atoms with E-state index in [2.05, 4.69) is 5.32 Å². The highest BCUT2D eigenvalue weighted by Gasteiger charge is 2.15. The molecule has 2 rings (SSSR count). The van der Waals surface area contributed by atoms with Crippen LogP contribution in [0.15, 0.2) is 36.4 Å². The first-order chi connectivity index (χ1) is 10.4. The number of carbonyl (C=O) groups excluding carboxylic acids is 1. The average Bonchev–Trinajstić information content (AvgIpc) is 2.44. The molecule has 0 saturated heterocycles. The number of benzene rings is 2. The van der Waals surface area contributed by atoms with Crippen molar-refractivity contribution in [2.75, 3.05) is 5.32 Å². The number of anilines is 1. The van der Waals surface area contributed by atoms with Crippen LogP contribution in [-0.4, -0.2) is 22.1 Å². The minimum atomic E-state index is -1.63. The molecular formula is C14H9Cl2NO5. The van der Waals surface area contributed by atoms with Crippen LogP contribution >= 0.6 is 23.2 Å². The predicted octanol–water partition coefficient (Wildman–Crippen LogP) is 3.51. The Morgan fingerprint density at radius 2 is 1.59 bits per heavy atom. The Hall–Kier alpha value is -2.44. The van der Waals surface area contributed by atoms with Crippen molar-refractivity contribution in [3.05, 3.63) is 46.4 Å². The topological polar surface area (TPSA) is 95.9 Å². The van der Waals surface area contributed by atoms with Crippen molar-refractivity contribution in [3.8, 4) is 17.2 Å². The van der Waals surface area contributed by atoms with E-state index in [1.54, 1.807) is 0 Å². The number of rotatable bonds is 3. The Kier molecular flexibility index (Phi) is 4.75. The molecule has 0 unspecified atom stereocenters. The van der Waals surface area contributed by atoms with Crippen LogP contribution in [0.25, 0.3) is 0 Å². The Morgan fingerprint density at radius 1 is 1.05 bits per heavy atom. The molecule has 0 bridgehead atoms. The van der Waals surface area contributed by atoms with Crippen molar-refractivity contribution < 1.29 is 24.5 Å². The molecule has 0 saturated carbocycles. The van der Waals surface area contributed by atoms with E-state index in [1.165, 1.54) is 36.4 Å². The Morgan fingerprint density at radius 3 is 2.09 bits per heavy atom. The summed E-state index contributed by atoms with van der Waals surface area (Å²) in [5.74, 6) is -2.22. The molecule has 22 heavy (non-hydrogen) atoms. The van der Waals surface area contributed by atoms with E-state index in [0.29, 0.717) is 5.75 Å². The zero-order chi connectivity index (χ0) is 16.3. The van der Waals surface area contributed by atoms with Gasteiger partial charge in [0.1, 0.15) is 11.5 Å². The van der Waals surface area contributed by atoms with Gasteiger partial charge in [0.05, 0.1) is 10.0 Å². The second-order valence-electron chi connectivity index (χ2n) is 4.12. The fourth-order valence-electron chi connectivity index (χ4n) is 1.55. The summed E-state index contributed by atoms with van der Waals surface area (Å²) in [5.41, 5.74) is 0.125. The first-order valence-corrected chi connectivity index (χ1v) is 6.62. The third-order valence-corrected chi connectivity index (χ3v) is 3.07. The van der Waals surface area contributed by atoms with E-state index in [-0.39, 0.29) is 27.2 Å². The van der Waals surface area contributed by atoms with Gasteiger partial charge in [-0.2, -0.15) is 0 Å². The number of hydrogen-bond donors (Lipinski definition) is 3. The predicted molar refractivity (Wildman–Crippen MR) is 80.9 cm³/mol. The van der Waals surface area contributed by atoms with Crippen molar-refractivity contribution in [1.29, 1.82) is 0 Å². The zero-order valence-electron chi connectivity index (χ0n) is 10.8. The monoisotopic (exact) mass is 341 g/mol. The molecule has 0 atom stereocenters. The lowest BCUT2D eigenvalue weighted by atomic mass is 10.3. The molecule has 0 aliphatic carbocycles. The molecule has 2 aromatic carbocycles. The number of carboxylic acid groups (broad SMARTS) is 1. The lowest BCUT2D eigenvalue weighted by molar-refractivity contribution is -0.147. The van der Waals surface area contributed by atoms with Gasteiger partial charge in [0.15, 0.2) is 5.75 Å². The molecule has 0 aliphatic heterocycles. The second kappa shape index (κ2) is 6.55. The summed E-state index contributed by atoms with van der Waals surface area (Å²) in [7, 11) is 0. The highest BCUT2D eigenvalue weighted by molar-refractivity contribution is 6.39. The van der Waals surface area contributed by atoms with Gasteiger partial charge in [-0.3, -0.25) is 4.79 Å². The molecular weight excluding hydrogens is 333 g/mol. The van der Waals surface area contributed by atoms with Gasteiger partial charge in [0.25, 0.3) is 0 Å². The third-order valence-electron chi connectivity index (χ3n) is 2.51. The smallest absolute Gasteiger partial charge is 0.394 e. The molecule has 114 valence electrons. The van der Waals surface area contributed by atoms with Gasteiger partial charge in [0.2, 0.25) is 0 Å². The Balaban J connectivity index is 2.25. The normalized spacial score (nSPS) is 10.1. The lowest BCUT2D eigenvalue weighted by Crippen LogP contribution is -2.21. The highest BCUT2D eigenvalue weighted by atomic mass is 35.5. The molecule has 6 nitrogen and oxygen atoms in total. The Labute approximate surface area is 134 Å². The van der Waals surface area contributed by atoms with Crippen LogP contribution in [0.3, 0.4) is 0 Å². The second-order valence-corrected chi connectivity index (χ2v) is 4.94. The number of aromatic hydroxyl groups is 1. The van der Waals surface area contributed by atoms with Gasteiger partial charge in [-0.05, 0) is 36.4 Å². The van der Waals surface area contributed by atoms with Crippen LogP contribution in [0.4, 0.5) is 5.69 Å². The number of nitrogens with one attached hydrogen (secondary N) is 1. The maximum Gasteiger partial charge on any atom is 0.394 e. The zero-order valence-corrected chi connectivity index (χ0v) is 12.4. The minimum Gasteiger partial charge on any atom is -0.508 e. The number of carboxylic acids is 1. The fourth-order valence-corrected chi connectivity index (χ4v) is 2.11. The fraction of sp³-hybridized carbons (Fsp3) is 0. The van der Waals surface area contributed by atoms with Gasteiger partial charge in [-0.25, -0.2) is 4.79 Å². The molecule has 3 N–H and O–H groups in total. The molecule has 0 fully saturated rings. The van der Waals surface area contributed by atoms with Gasteiger partial charge < -0.3 is 20.3 Å². The summed E-state index contributed by atoms with van der Waals surface area (Å²) in [5, 5.41) is 20.0. The maximum absolute atomic E-state index is 11.1. The summed E-state index contributed by atoms with van der Waals surface area (Å²) < 4.78 is 5.50. The summed E-state index contributed by atoms with van der Waals surface area (Å²) in [4.78, 5) is 21.6. The maximum atomic E-state index is 11.1. The SMILES string of the molecule is O=C(O)C(=O)Nc1cc(Cl)c(Oc2ccc(O)cc2)c(Cl)c1. The number of hydrogen-bond acceptors (Lipinski definition) is 4. The molecule has 0 radical (unpaired) electrons. The van der Waals surface area contributed by atoms with Crippen molar-refractivity contribution in [2.24, 2.45) is 0 Å². The largest absolute Gasteiger partial charge is 0.508 e. The van der Waals surface area contributed by atoms with Crippen molar-refractivity contribution in [3.63, 3.8) is 0 Å². The van der Waals surface area contributed by atoms with E-state index in [1.807, 2.05) is 0 Å². The molecule has 8 heteroatoms.